The van der Waals surface area contributed by atoms with Crippen LogP contribution in [0.4, 0.5) is 0 Å². The van der Waals surface area contributed by atoms with Crippen molar-refractivity contribution < 1.29 is 39.5 Å². The molecule has 0 aliphatic heterocycles. The molecule has 0 saturated heterocycles. The zero-order valence-corrected chi connectivity index (χ0v) is 28.2. The molecule has 0 bridgehead atoms. The van der Waals surface area contributed by atoms with E-state index in [1.54, 1.807) is 24.3 Å². The van der Waals surface area contributed by atoms with Gasteiger partial charge in [0, 0.05) is 46.5 Å². The molecule has 2 aromatic heterocycles. The van der Waals surface area contributed by atoms with Gasteiger partial charge in [-0.1, -0.05) is 71.7 Å². The lowest BCUT2D eigenvalue weighted by Crippen LogP contribution is -2.52. The van der Waals surface area contributed by atoms with Crippen molar-refractivity contribution in [3.8, 4) is 45.4 Å². The second-order valence-corrected chi connectivity index (χ2v) is 12.1. The van der Waals surface area contributed by atoms with Crippen LogP contribution in [0, 0.1) is 0 Å². The molecule has 14 heteroatoms. The van der Waals surface area contributed by atoms with Gasteiger partial charge in [-0.2, -0.15) is 0 Å². The van der Waals surface area contributed by atoms with Crippen molar-refractivity contribution >= 4 is 35.1 Å². The van der Waals surface area contributed by atoms with Gasteiger partial charge in [-0.05, 0) is 26.0 Å². The maximum Gasteiger partial charge on any atom is 0.326 e. The number of ether oxygens (including phenoxy) is 2. The zero-order chi connectivity index (χ0) is 35.2. The minimum Gasteiger partial charge on any atom is -0.481 e. The fourth-order valence-electron chi connectivity index (χ4n) is 4.72. The predicted molar refractivity (Wildman–Crippen MR) is 181 cm³/mol. The molecule has 4 aromatic rings. The van der Waals surface area contributed by atoms with Crippen molar-refractivity contribution in [2.45, 2.75) is 38.0 Å². The standard InChI is InChI=1S/C34H36Cl2N4O8/c1-33(17-41,31(43)44)37-15-19-11-13-25(39-29(19)47-3)23-9-5-7-21(27(23)35)22-8-6-10-24(28(22)36)26-14-12-20(30(40-26)48-4)16-38-34(2,18-42)32(45)46/h5-14,37-38,41-42H,15-18H2,1-4H3,(H,43,44)(H,45,46). The average molecular weight is 700 g/mol. The highest BCUT2D eigenvalue weighted by Crippen LogP contribution is 2.42. The predicted octanol–water partition coefficient (Wildman–Crippen LogP) is 4.65. The molecule has 0 spiro atoms. The number of carboxylic acids is 2. The van der Waals surface area contributed by atoms with Gasteiger partial charge in [0.1, 0.15) is 11.1 Å². The molecule has 2 unspecified atom stereocenters. The van der Waals surface area contributed by atoms with Crippen molar-refractivity contribution in [2.75, 3.05) is 27.4 Å². The Labute approximate surface area is 287 Å². The summed E-state index contributed by atoms with van der Waals surface area (Å²) in [6, 6.07) is 17.9. The van der Waals surface area contributed by atoms with E-state index in [1.807, 2.05) is 36.4 Å². The first kappa shape index (κ1) is 36.5. The van der Waals surface area contributed by atoms with Crippen LogP contribution >= 0.6 is 23.2 Å². The highest BCUT2D eigenvalue weighted by molar-refractivity contribution is 6.39. The van der Waals surface area contributed by atoms with E-state index >= 15 is 0 Å². The van der Waals surface area contributed by atoms with Gasteiger partial charge in [-0.3, -0.25) is 20.2 Å². The number of carbonyl (C=O) groups is 2. The number of nitrogens with one attached hydrogen (secondary N) is 2. The molecule has 0 fully saturated rings. The summed E-state index contributed by atoms with van der Waals surface area (Å²) in [4.78, 5) is 32.4. The fraction of sp³-hybridized carbons (Fsp3) is 0.294. The van der Waals surface area contributed by atoms with Crippen LogP contribution in [0.2, 0.25) is 10.0 Å². The number of benzene rings is 2. The summed E-state index contributed by atoms with van der Waals surface area (Å²) in [5, 5.41) is 44.5. The first-order chi connectivity index (χ1) is 22.8. The molecule has 0 aliphatic carbocycles. The minimum atomic E-state index is -1.54. The van der Waals surface area contributed by atoms with E-state index < -0.39 is 36.2 Å². The number of aliphatic carboxylic acids is 2. The molecule has 254 valence electrons. The Hall–Kier alpha value is -4.30. The molecule has 0 radical (unpaired) electrons. The number of hydrogen-bond donors (Lipinski definition) is 6. The van der Waals surface area contributed by atoms with Gasteiger partial charge in [-0.25, -0.2) is 9.97 Å². The molecular weight excluding hydrogens is 663 g/mol. The number of aromatic nitrogens is 2. The third kappa shape index (κ3) is 7.54. The third-order valence-electron chi connectivity index (χ3n) is 8.02. The molecule has 4 rings (SSSR count). The number of halogens is 2. The largest absolute Gasteiger partial charge is 0.481 e. The van der Waals surface area contributed by atoms with Crippen LogP contribution in [0.1, 0.15) is 25.0 Å². The smallest absolute Gasteiger partial charge is 0.326 e. The lowest BCUT2D eigenvalue weighted by atomic mass is 9.98. The summed E-state index contributed by atoms with van der Waals surface area (Å²) >= 11 is 14.0. The molecule has 0 saturated carbocycles. The summed E-state index contributed by atoms with van der Waals surface area (Å²) in [5.41, 5.74) is 1.58. The van der Waals surface area contributed by atoms with Crippen molar-refractivity contribution in [1.29, 1.82) is 0 Å². The van der Waals surface area contributed by atoms with Crippen LogP contribution in [0.25, 0.3) is 33.6 Å². The van der Waals surface area contributed by atoms with Gasteiger partial charge in [0.25, 0.3) is 0 Å². The molecule has 2 atom stereocenters. The van der Waals surface area contributed by atoms with E-state index in [2.05, 4.69) is 20.6 Å². The Balaban J connectivity index is 1.66. The Morgan fingerprint density at radius 1 is 0.667 bits per heavy atom. The number of nitrogens with zero attached hydrogens (tertiary/aromatic N) is 2. The van der Waals surface area contributed by atoms with Gasteiger partial charge in [0.15, 0.2) is 0 Å². The molecule has 0 amide bonds. The number of rotatable bonds is 15. The molecule has 12 nitrogen and oxygen atoms in total. The summed E-state index contributed by atoms with van der Waals surface area (Å²) in [7, 11) is 2.91. The lowest BCUT2D eigenvalue weighted by molar-refractivity contribution is -0.146. The van der Waals surface area contributed by atoms with Crippen molar-refractivity contribution in [2.24, 2.45) is 0 Å². The summed E-state index contributed by atoms with van der Waals surface area (Å²) < 4.78 is 11.0. The quantitative estimate of drug-likeness (QED) is 0.101. The van der Waals surface area contributed by atoms with Gasteiger partial charge >= 0.3 is 11.9 Å². The summed E-state index contributed by atoms with van der Waals surface area (Å²) in [5.74, 6) is -1.86. The van der Waals surface area contributed by atoms with Gasteiger partial charge in [0.05, 0.1) is 48.9 Å². The number of aliphatic hydroxyl groups excluding tert-OH is 2. The first-order valence-electron chi connectivity index (χ1n) is 14.7. The summed E-state index contributed by atoms with van der Waals surface area (Å²) in [6.07, 6.45) is 0. The number of methoxy groups -OCH3 is 2. The Morgan fingerprint density at radius 3 is 1.33 bits per heavy atom. The lowest BCUT2D eigenvalue weighted by Gasteiger charge is -2.24. The Kier molecular flexibility index (Phi) is 11.6. The van der Waals surface area contributed by atoms with E-state index in [1.165, 1.54) is 28.1 Å². The average Bonchev–Trinajstić information content (AvgIpc) is 3.09. The molecule has 2 heterocycles. The Bertz CT molecular complexity index is 1690. The monoisotopic (exact) mass is 698 g/mol. The number of pyridine rings is 2. The molecule has 0 aliphatic rings. The number of carboxylic acid groups (broad SMARTS) is 2. The highest BCUT2D eigenvalue weighted by Gasteiger charge is 2.33. The van der Waals surface area contributed by atoms with Gasteiger partial charge in [0.2, 0.25) is 11.8 Å². The van der Waals surface area contributed by atoms with E-state index in [4.69, 9.17) is 32.7 Å². The van der Waals surface area contributed by atoms with Crippen molar-refractivity contribution in [3.63, 3.8) is 0 Å². The first-order valence-corrected chi connectivity index (χ1v) is 15.4. The van der Waals surface area contributed by atoms with Crippen LogP contribution in [-0.4, -0.2) is 80.8 Å². The maximum absolute atomic E-state index is 11.6. The van der Waals surface area contributed by atoms with E-state index in [-0.39, 0.29) is 24.8 Å². The maximum atomic E-state index is 11.6. The van der Waals surface area contributed by atoms with E-state index in [0.717, 1.165) is 0 Å². The molecular formula is C34H36Cl2N4O8. The highest BCUT2D eigenvalue weighted by atomic mass is 35.5. The minimum absolute atomic E-state index is 0.0800. The topological polar surface area (TPSA) is 183 Å². The molecule has 6 N–H and O–H groups in total. The van der Waals surface area contributed by atoms with Crippen molar-refractivity contribution in [1.82, 2.24) is 20.6 Å². The number of hydrogen-bond acceptors (Lipinski definition) is 10. The van der Waals surface area contributed by atoms with Gasteiger partial charge in [-0.15, -0.1) is 0 Å². The fourth-order valence-corrected chi connectivity index (χ4v) is 5.36. The van der Waals surface area contributed by atoms with Crippen LogP contribution in [0.3, 0.4) is 0 Å². The zero-order valence-electron chi connectivity index (χ0n) is 26.7. The van der Waals surface area contributed by atoms with E-state index in [0.29, 0.717) is 54.8 Å². The van der Waals surface area contributed by atoms with Crippen LogP contribution in [0.15, 0.2) is 60.7 Å². The second kappa shape index (κ2) is 15.3. The van der Waals surface area contributed by atoms with Crippen LogP contribution in [-0.2, 0) is 22.7 Å². The number of aliphatic hydroxyl groups is 2. The normalized spacial score (nSPS) is 13.8. The van der Waals surface area contributed by atoms with E-state index in [9.17, 15) is 30.0 Å². The van der Waals surface area contributed by atoms with Gasteiger partial charge < -0.3 is 29.9 Å². The van der Waals surface area contributed by atoms with Crippen LogP contribution < -0.4 is 20.1 Å². The summed E-state index contributed by atoms with van der Waals surface area (Å²) in [6.45, 7) is 1.72. The second-order valence-electron chi connectivity index (χ2n) is 11.4. The third-order valence-corrected chi connectivity index (χ3v) is 8.83. The van der Waals surface area contributed by atoms with Crippen molar-refractivity contribution in [3.05, 3.63) is 81.8 Å². The Morgan fingerprint density at radius 2 is 1.02 bits per heavy atom. The SMILES string of the molecule is COc1nc(-c2cccc(-c3cccc(-c4ccc(CNC(C)(CO)C(=O)O)c(OC)n4)c3Cl)c2Cl)ccc1CNC(C)(CO)C(=O)O. The molecule has 48 heavy (non-hydrogen) atoms. The molecule has 2 aromatic carbocycles. The van der Waals surface area contributed by atoms with Crippen LogP contribution in [0.5, 0.6) is 11.8 Å².